The standard InChI is InChI=1S/C17H13Cl2F2NO2/c18-12-5-11(6-13(19)8-12)16-9-22(3-4-24-16)17(23)10-1-2-14(20)15(21)7-10/h1-2,5-8,16H,3-4,9H2. The maximum absolute atomic E-state index is 13.3. The number of carbonyl (C=O) groups excluding carboxylic acids is 1. The van der Waals surface area contributed by atoms with Gasteiger partial charge in [-0.05, 0) is 42.0 Å². The summed E-state index contributed by atoms with van der Waals surface area (Å²) >= 11 is 12.0. The van der Waals surface area contributed by atoms with E-state index in [-0.39, 0.29) is 24.1 Å². The predicted octanol–water partition coefficient (Wildman–Crippen LogP) is 4.49. The minimum absolute atomic E-state index is 0.0960. The minimum atomic E-state index is -1.05. The van der Waals surface area contributed by atoms with Gasteiger partial charge in [-0.15, -0.1) is 0 Å². The number of carbonyl (C=O) groups is 1. The topological polar surface area (TPSA) is 29.5 Å². The molecule has 1 aliphatic rings. The van der Waals surface area contributed by atoms with Crippen LogP contribution in [-0.4, -0.2) is 30.5 Å². The van der Waals surface area contributed by atoms with Crippen LogP contribution in [0, 0.1) is 11.6 Å². The van der Waals surface area contributed by atoms with E-state index in [2.05, 4.69) is 0 Å². The summed E-state index contributed by atoms with van der Waals surface area (Å²) in [5.74, 6) is -2.41. The number of amides is 1. The lowest BCUT2D eigenvalue weighted by atomic mass is 10.1. The summed E-state index contributed by atoms with van der Waals surface area (Å²) in [6.07, 6.45) is -0.385. The molecule has 0 N–H and O–H groups in total. The van der Waals surface area contributed by atoms with Gasteiger partial charge in [0.05, 0.1) is 13.2 Å². The van der Waals surface area contributed by atoms with Gasteiger partial charge in [-0.3, -0.25) is 4.79 Å². The van der Waals surface area contributed by atoms with Gasteiger partial charge in [-0.2, -0.15) is 0 Å². The minimum Gasteiger partial charge on any atom is -0.370 e. The Balaban J connectivity index is 1.79. The Bertz CT molecular complexity index is 765. The lowest BCUT2D eigenvalue weighted by Crippen LogP contribution is -2.42. The highest BCUT2D eigenvalue weighted by Gasteiger charge is 2.27. The van der Waals surface area contributed by atoms with Crippen molar-refractivity contribution in [3.8, 4) is 0 Å². The lowest BCUT2D eigenvalue weighted by molar-refractivity contribution is -0.0228. The molecule has 1 fully saturated rings. The highest BCUT2D eigenvalue weighted by Crippen LogP contribution is 2.28. The monoisotopic (exact) mass is 371 g/mol. The number of nitrogens with zero attached hydrogens (tertiary/aromatic N) is 1. The second kappa shape index (κ2) is 7.05. The van der Waals surface area contributed by atoms with Crippen molar-refractivity contribution < 1.29 is 18.3 Å². The number of hydrogen-bond donors (Lipinski definition) is 0. The van der Waals surface area contributed by atoms with Crippen molar-refractivity contribution in [3.63, 3.8) is 0 Å². The quantitative estimate of drug-likeness (QED) is 0.778. The Morgan fingerprint density at radius 2 is 1.79 bits per heavy atom. The highest BCUT2D eigenvalue weighted by atomic mass is 35.5. The molecule has 1 aliphatic heterocycles. The molecule has 0 spiro atoms. The molecule has 0 aromatic heterocycles. The van der Waals surface area contributed by atoms with Crippen LogP contribution in [0.1, 0.15) is 22.0 Å². The van der Waals surface area contributed by atoms with Crippen LogP contribution in [-0.2, 0) is 4.74 Å². The van der Waals surface area contributed by atoms with Crippen LogP contribution in [0.25, 0.3) is 0 Å². The zero-order valence-corrected chi connectivity index (χ0v) is 14.0. The molecule has 1 amide bonds. The Kier molecular flexibility index (Phi) is 5.04. The fourth-order valence-corrected chi connectivity index (χ4v) is 3.15. The van der Waals surface area contributed by atoms with Gasteiger partial charge in [0.15, 0.2) is 11.6 Å². The van der Waals surface area contributed by atoms with Crippen LogP contribution in [0.3, 0.4) is 0 Å². The Hall–Kier alpha value is -1.69. The van der Waals surface area contributed by atoms with Gasteiger partial charge in [-0.1, -0.05) is 23.2 Å². The highest BCUT2D eigenvalue weighted by molar-refractivity contribution is 6.34. The van der Waals surface area contributed by atoms with Crippen molar-refractivity contribution in [3.05, 3.63) is 69.2 Å². The molecule has 3 rings (SSSR count). The molecule has 2 aromatic rings. The van der Waals surface area contributed by atoms with Crippen LogP contribution in [0.5, 0.6) is 0 Å². The number of halogens is 4. The molecule has 1 saturated heterocycles. The van der Waals surface area contributed by atoms with Crippen molar-refractivity contribution in [2.24, 2.45) is 0 Å². The Labute approximate surface area is 147 Å². The third kappa shape index (κ3) is 3.69. The number of ether oxygens (including phenoxy) is 1. The largest absolute Gasteiger partial charge is 0.370 e. The Morgan fingerprint density at radius 3 is 2.46 bits per heavy atom. The van der Waals surface area contributed by atoms with Crippen LogP contribution in [0.4, 0.5) is 8.78 Å². The van der Waals surface area contributed by atoms with E-state index in [0.717, 1.165) is 17.7 Å². The first-order valence-electron chi connectivity index (χ1n) is 7.26. The van der Waals surface area contributed by atoms with E-state index in [1.54, 1.807) is 18.2 Å². The molecule has 2 aromatic carbocycles. The maximum Gasteiger partial charge on any atom is 0.254 e. The first-order chi connectivity index (χ1) is 11.4. The van der Waals surface area contributed by atoms with Gasteiger partial charge in [-0.25, -0.2) is 8.78 Å². The molecule has 7 heteroatoms. The summed E-state index contributed by atoms with van der Waals surface area (Å²) in [5, 5.41) is 0.954. The number of rotatable bonds is 2. The van der Waals surface area contributed by atoms with E-state index in [1.165, 1.54) is 11.0 Å². The molecule has 0 aliphatic carbocycles. The molecule has 24 heavy (non-hydrogen) atoms. The van der Waals surface area contributed by atoms with E-state index in [4.69, 9.17) is 27.9 Å². The second-order valence-corrected chi connectivity index (χ2v) is 6.32. The van der Waals surface area contributed by atoms with E-state index >= 15 is 0 Å². The first kappa shape index (κ1) is 17.1. The van der Waals surface area contributed by atoms with Crippen LogP contribution in [0.15, 0.2) is 36.4 Å². The van der Waals surface area contributed by atoms with Gasteiger partial charge < -0.3 is 9.64 Å². The molecule has 3 nitrogen and oxygen atoms in total. The summed E-state index contributed by atoms with van der Waals surface area (Å²) < 4.78 is 32.0. The lowest BCUT2D eigenvalue weighted by Gasteiger charge is -2.33. The summed E-state index contributed by atoms with van der Waals surface area (Å²) in [5.41, 5.74) is 0.856. The van der Waals surface area contributed by atoms with Gasteiger partial charge in [0, 0.05) is 22.2 Å². The van der Waals surface area contributed by atoms with Crippen molar-refractivity contribution in [2.45, 2.75) is 6.10 Å². The van der Waals surface area contributed by atoms with Crippen LogP contribution < -0.4 is 0 Å². The van der Waals surface area contributed by atoms with Crippen LogP contribution in [0.2, 0.25) is 10.0 Å². The van der Waals surface area contributed by atoms with Gasteiger partial charge in [0.25, 0.3) is 5.91 Å². The normalized spacial score (nSPS) is 17.8. The summed E-state index contributed by atoms with van der Waals surface area (Å²) in [4.78, 5) is 14.0. The predicted molar refractivity (Wildman–Crippen MR) is 87.4 cm³/mol. The molecule has 0 radical (unpaired) electrons. The van der Waals surface area contributed by atoms with E-state index < -0.39 is 11.6 Å². The molecule has 126 valence electrons. The Morgan fingerprint density at radius 1 is 1.08 bits per heavy atom. The van der Waals surface area contributed by atoms with E-state index in [1.807, 2.05) is 0 Å². The fraction of sp³-hybridized carbons (Fsp3) is 0.235. The molecule has 0 bridgehead atoms. The zero-order valence-electron chi connectivity index (χ0n) is 12.4. The molecule has 1 heterocycles. The summed E-state index contributed by atoms with van der Waals surface area (Å²) in [6, 6.07) is 8.17. The van der Waals surface area contributed by atoms with Crippen molar-refractivity contribution >= 4 is 29.1 Å². The van der Waals surface area contributed by atoms with Crippen molar-refractivity contribution in [1.82, 2.24) is 4.90 Å². The average molecular weight is 372 g/mol. The third-order valence-electron chi connectivity index (χ3n) is 3.78. The van der Waals surface area contributed by atoms with Crippen molar-refractivity contribution in [2.75, 3.05) is 19.7 Å². The smallest absolute Gasteiger partial charge is 0.254 e. The van der Waals surface area contributed by atoms with Crippen LogP contribution >= 0.6 is 23.2 Å². The molecule has 1 unspecified atom stereocenters. The molecule has 1 atom stereocenters. The third-order valence-corrected chi connectivity index (χ3v) is 4.21. The second-order valence-electron chi connectivity index (χ2n) is 5.44. The summed E-state index contributed by atoms with van der Waals surface area (Å²) in [6.45, 7) is 0.960. The van der Waals surface area contributed by atoms with E-state index in [9.17, 15) is 13.6 Å². The van der Waals surface area contributed by atoms with Crippen molar-refractivity contribution in [1.29, 1.82) is 0 Å². The number of morpholine rings is 1. The molecular weight excluding hydrogens is 359 g/mol. The zero-order chi connectivity index (χ0) is 17.3. The van der Waals surface area contributed by atoms with Gasteiger partial charge in [0.1, 0.15) is 6.10 Å². The fourth-order valence-electron chi connectivity index (χ4n) is 2.61. The van der Waals surface area contributed by atoms with Gasteiger partial charge in [0.2, 0.25) is 0 Å². The van der Waals surface area contributed by atoms with Gasteiger partial charge >= 0.3 is 0 Å². The first-order valence-corrected chi connectivity index (χ1v) is 8.01. The molecular formula is C17H13Cl2F2NO2. The number of benzene rings is 2. The van der Waals surface area contributed by atoms with E-state index in [0.29, 0.717) is 23.2 Å². The maximum atomic E-state index is 13.3. The SMILES string of the molecule is O=C(c1ccc(F)c(F)c1)N1CCOC(c2cc(Cl)cc(Cl)c2)C1. The summed E-state index contributed by atoms with van der Waals surface area (Å²) in [7, 11) is 0. The average Bonchev–Trinajstić information content (AvgIpc) is 2.56. The number of hydrogen-bond acceptors (Lipinski definition) is 2. The molecule has 0 saturated carbocycles.